The number of hydrogen-bond donors (Lipinski definition) is 3. The molecule has 0 aromatic heterocycles. The standard InChI is InChI=1S/C36H49N3O5/c1-23-32(20-39-12-4-7-31(39)22-42-2)43-34(44-33(23)28-10-8-24(21-40)9-11-28)29-5-3-6-30(16-29)37-35(41)38-36-17-25-13-26(18-36)15-27(14-25)19-36/h3,5-6,8-11,16,23,25-27,31-34,40H,4,7,12-15,17-22H2,1-2H3,(H2,37,38,41)/t23-,25?,26?,27?,31+,32+,33+,34+,36?/m1/s1. The van der Waals surface area contributed by atoms with Crippen molar-refractivity contribution in [3.63, 3.8) is 0 Å². The summed E-state index contributed by atoms with van der Waals surface area (Å²) in [5, 5.41) is 16.2. The number of aliphatic hydroxyl groups is 1. The Bertz CT molecular complexity index is 1270. The number of carbonyl (C=O) groups excluding carboxylic acids is 1. The Morgan fingerprint density at radius 1 is 1.02 bits per heavy atom. The van der Waals surface area contributed by atoms with Crippen molar-refractivity contribution in [1.29, 1.82) is 0 Å². The number of likely N-dealkylation sites (tertiary alicyclic amines) is 1. The van der Waals surface area contributed by atoms with Gasteiger partial charge < -0.3 is 30.0 Å². The van der Waals surface area contributed by atoms with Gasteiger partial charge >= 0.3 is 6.03 Å². The number of rotatable bonds is 9. The Morgan fingerprint density at radius 3 is 2.43 bits per heavy atom. The summed E-state index contributed by atoms with van der Waals surface area (Å²) in [6.45, 7) is 4.81. The lowest BCUT2D eigenvalue weighted by Crippen LogP contribution is -2.60. The number of urea groups is 1. The molecule has 2 aromatic carbocycles. The van der Waals surface area contributed by atoms with E-state index in [0.29, 0.717) is 6.04 Å². The first-order valence-corrected chi connectivity index (χ1v) is 16.8. The maximum Gasteiger partial charge on any atom is 0.319 e. The number of aliphatic hydroxyl groups excluding tert-OH is 1. The van der Waals surface area contributed by atoms with Crippen LogP contribution in [0, 0.1) is 23.7 Å². The molecule has 0 radical (unpaired) electrons. The van der Waals surface area contributed by atoms with Crippen molar-refractivity contribution in [1.82, 2.24) is 10.2 Å². The van der Waals surface area contributed by atoms with Gasteiger partial charge in [0.1, 0.15) is 0 Å². The van der Waals surface area contributed by atoms with Crippen molar-refractivity contribution in [3.05, 3.63) is 65.2 Å². The van der Waals surface area contributed by atoms with Crippen LogP contribution in [0.25, 0.3) is 0 Å². The zero-order valence-electron chi connectivity index (χ0n) is 26.3. The van der Waals surface area contributed by atoms with Gasteiger partial charge in [-0.05, 0) is 98.9 Å². The minimum Gasteiger partial charge on any atom is -0.392 e. The number of nitrogens with zero attached hydrogens (tertiary/aromatic N) is 1. The second-order valence-corrected chi connectivity index (χ2v) is 14.5. The monoisotopic (exact) mass is 603 g/mol. The zero-order chi connectivity index (χ0) is 30.3. The molecule has 0 spiro atoms. The van der Waals surface area contributed by atoms with Gasteiger partial charge in [0.25, 0.3) is 0 Å². The van der Waals surface area contributed by atoms with Crippen LogP contribution in [0.4, 0.5) is 10.5 Å². The van der Waals surface area contributed by atoms with Crippen LogP contribution in [-0.4, -0.2) is 60.5 Å². The number of carbonyl (C=O) groups is 1. The Kier molecular flexibility index (Phi) is 8.72. The molecule has 2 aromatic rings. The molecule has 2 aliphatic heterocycles. The Labute approximate surface area is 261 Å². The lowest BCUT2D eigenvalue weighted by Gasteiger charge is -2.56. The van der Waals surface area contributed by atoms with E-state index in [9.17, 15) is 9.90 Å². The summed E-state index contributed by atoms with van der Waals surface area (Å²) in [5.41, 5.74) is 3.56. The number of nitrogens with one attached hydrogen (secondary N) is 2. The van der Waals surface area contributed by atoms with Gasteiger partial charge in [-0.2, -0.15) is 0 Å². The molecule has 2 saturated heterocycles. The van der Waals surface area contributed by atoms with Crippen LogP contribution in [0.15, 0.2) is 48.5 Å². The minimum absolute atomic E-state index is 0.0157. The highest BCUT2D eigenvalue weighted by Gasteiger charge is 2.51. The topological polar surface area (TPSA) is 92.3 Å². The van der Waals surface area contributed by atoms with Crippen LogP contribution >= 0.6 is 0 Å². The third kappa shape index (κ3) is 6.29. The van der Waals surface area contributed by atoms with E-state index in [1.165, 1.54) is 25.7 Å². The lowest BCUT2D eigenvalue weighted by molar-refractivity contribution is -0.276. The number of amides is 2. The predicted octanol–water partition coefficient (Wildman–Crippen LogP) is 6.17. The van der Waals surface area contributed by atoms with Crippen LogP contribution in [0.2, 0.25) is 0 Å². The number of methoxy groups -OCH3 is 1. The van der Waals surface area contributed by atoms with Crippen molar-refractivity contribution in [2.75, 3.05) is 32.1 Å². The normalized spacial score (nSPS) is 36.4. The molecule has 44 heavy (non-hydrogen) atoms. The molecule has 6 fully saturated rings. The molecule has 8 heteroatoms. The van der Waals surface area contributed by atoms with Crippen molar-refractivity contribution in [2.24, 2.45) is 23.7 Å². The lowest BCUT2D eigenvalue weighted by atomic mass is 9.53. The van der Waals surface area contributed by atoms with E-state index < -0.39 is 6.29 Å². The molecular formula is C36H49N3O5. The first kappa shape index (κ1) is 30.2. The second kappa shape index (κ2) is 12.7. The number of anilines is 1. The Morgan fingerprint density at radius 2 is 1.75 bits per heavy atom. The largest absolute Gasteiger partial charge is 0.392 e. The smallest absolute Gasteiger partial charge is 0.319 e. The van der Waals surface area contributed by atoms with Gasteiger partial charge in [0.2, 0.25) is 0 Å². The van der Waals surface area contributed by atoms with Crippen molar-refractivity contribution >= 4 is 11.7 Å². The molecule has 2 heterocycles. The van der Waals surface area contributed by atoms with Crippen molar-refractivity contribution < 1.29 is 24.1 Å². The molecule has 4 aliphatic carbocycles. The molecule has 3 N–H and O–H groups in total. The van der Waals surface area contributed by atoms with Gasteiger partial charge in [0, 0.05) is 42.4 Å². The molecule has 238 valence electrons. The highest BCUT2D eigenvalue weighted by molar-refractivity contribution is 5.89. The highest BCUT2D eigenvalue weighted by atomic mass is 16.7. The predicted molar refractivity (Wildman–Crippen MR) is 169 cm³/mol. The van der Waals surface area contributed by atoms with E-state index in [2.05, 4.69) is 34.6 Å². The van der Waals surface area contributed by atoms with Crippen LogP contribution in [0.5, 0.6) is 0 Å². The Hall–Kier alpha value is -2.49. The fourth-order valence-corrected chi connectivity index (χ4v) is 9.51. The fraction of sp³-hybridized carbons (Fsp3) is 0.639. The van der Waals surface area contributed by atoms with E-state index in [0.717, 1.165) is 85.5 Å². The third-order valence-corrected chi connectivity index (χ3v) is 11.2. The van der Waals surface area contributed by atoms with E-state index in [1.807, 2.05) is 36.4 Å². The molecule has 2 amide bonds. The van der Waals surface area contributed by atoms with Gasteiger partial charge in [-0.15, -0.1) is 0 Å². The molecule has 6 aliphatic rings. The summed E-state index contributed by atoms with van der Waals surface area (Å²) in [6, 6.07) is 16.3. The van der Waals surface area contributed by atoms with E-state index in [1.54, 1.807) is 7.11 Å². The van der Waals surface area contributed by atoms with Gasteiger partial charge in [0.05, 0.1) is 25.4 Å². The van der Waals surface area contributed by atoms with Crippen LogP contribution in [-0.2, 0) is 20.8 Å². The summed E-state index contributed by atoms with van der Waals surface area (Å²) >= 11 is 0. The maximum atomic E-state index is 13.3. The van der Waals surface area contributed by atoms with Crippen LogP contribution in [0.1, 0.15) is 87.4 Å². The number of hydrogen-bond acceptors (Lipinski definition) is 6. The maximum absolute atomic E-state index is 13.3. The second-order valence-electron chi connectivity index (χ2n) is 14.5. The average molecular weight is 604 g/mol. The molecule has 5 atom stereocenters. The van der Waals surface area contributed by atoms with Crippen LogP contribution in [0.3, 0.4) is 0 Å². The quantitative estimate of drug-likeness (QED) is 0.318. The minimum atomic E-state index is -0.574. The van der Waals surface area contributed by atoms with E-state index >= 15 is 0 Å². The molecule has 4 bridgehead atoms. The summed E-state index contributed by atoms with van der Waals surface area (Å²) in [6.07, 6.45) is 8.93. The molecule has 8 rings (SSSR count). The van der Waals surface area contributed by atoms with Crippen LogP contribution < -0.4 is 10.6 Å². The van der Waals surface area contributed by atoms with Gasteiger partial charge in [-0.1, -0.05) is 43.3 Å². The molecular weight excluding hydrogens is 554 g/mol. The fourth-order valence-electron chi connectivity index (χ4n) is 9.51. The Balaban J connectivity index is 1.08. The van der Waals surface area contributed by atoms with E-state index in [-0.39, 0.29) is 36.3 Å². The summed E-state index contributed by atoms with van der Waals surface area (Å²) < 4.78 is 19.0. The highest BCUT2D eigenvalue weighted by Crippen LogP contribution is 2.55. The van der Waals surface area contributed by atoms with E-state index in [4.69, 9.17) is 14.2 Å². The van der Waals surface area contributed by atoms with Gasteiger partial charge in [-0.25, -0.2) is 4.79 Å². The average Bonchev–Trinajstić information content (AvgIpc) is 3.44. The number of ether oxygens (including phenoxy) is 3. The first-order chi connectivity index (χ1) is 21.4. The zero-order valence-corrected chi connectivity index (χ0v) is 26.3. The number of benzene rings is 2. The first-order valence-electron chi connectivity index (χ1n) is 16.8. The van der Waals surface area contributed by atoms with Crippen molar-refractivity contribution in [3.8, 4) is 0 Å². The summed E-state index contributed by atoms with van der Waals surface area (Å²) in [7, 11) is 1.77. The molecule has 0 unspecified atom stereocenters. The summed E-state index contributed by atoms with van der Waals surface area (Å²) in [4.78, 5) is 15.8. The third-order valence-electron chi connectivity index (χ3n) is 11.2. The summed E-state index contributed by atoms with van der Waals surface area (Å²) in [5.74, 6) is 2.44. The van der Waals surface area contributed by atoms with Gasteiger partial charge in [-0.3, -0.25) is 4.90 Å². The molecule has 4 saturated carbocycles. The van der Waals surface area contributed by atoms with Crippen molar-refractivity contribution in [2.45, 2.75) is 95.0 Å². The SMILES string of the molecule is COC[C@@H]1CCCN1C[C@@H]1O[C@H](c2cccc(NC(=O)NC34CC5CC(CC(C5)C3)C4)c2)O[C@H](c2ccc(CO)cc2)[C@@H]1C. The molecule has 8 nitrogen and oxygen atoms in total. The van der Waals surface area contributed by atoms with Gasteiger partial charge in [0.15, 0.2) is 6.29 Å².